The molecule has 23 heavy (non-hydrogen) atoms. The van der Waals surface area contributed by atoms with E-state index in [1.165, 1.54) is 0 Å². The van der Waals surface area contributed by atoms with Crippen LogP contribution >= 0.6 is 0 Å². The third-order valence-electron chi connectivity index (χ3n) is 3.85. The Labute approximate surface area is 135 Å². The van der Waals surface area contributed by atoms with Gasteiger partial charge in [-0.3, -0.25) is 4.68 Å². The topological polar surface area (TPSA) is 71.2 Å². The number of ether oxygens (including phenoxy) is 2. The fourth-order valence-electron chi connectivity index (χ4n) is 2.60. The summed E-state index contributed by atoms with van der Waals surface area (Å²) in [5.74, 6) is 0.0876. The lowest BCUT2D eigenvalue weighted by molar-refractivity contribution is 0.0515. The minimum absolute atomic E-state index is 0.0543. The third-order valence-corrected chi connectivity index (χ3v) is 3.85. The molecule has 0 unspecified atom stereocenters. The van der Waals surface area contributed by atoms with Gasteiger partial charge in [0.2, 0.25) is 5.88 Å². The van der Waals surface area contributed by atoms with E-state index in [-0.39, 0.29) is 12.1 Å². The van der Waals surface area contributed by atoms with E-state index < -0.39 is 5.97 Å². The van der Waals surface area contributed by atoms with Crippen LogP contribution in [0.25, 0.3) is 11.3 Å². The van der Waals surface area contributed by atoms with Crippen molar-refractivity contribution in [3.8, 4) is 17.1 Å². The van der Waals surface area contributed by atoms with E-state index in [9.17, 15) is 4.79 Å². The summed E-state index contributed by atoms with van der Waals surface area (Å²) in [6, 6.07) is 0.239. The van der Waals surface area contributed by atoms with Crippen LogP contribution in [0.4, 0.5) is 0 Å². The lowest BCUT2D eigenvalue weighted by Gasteiger charge is -2.21. The van der Waals surface area contributed by atoms with Gasteiger partial charge in [0.25, 0.3) is 0 Å². The van der Waals surface area contributed by atoms with Crippen molar-refractivity contribution in [1.82, 2.24) is 19.6 Å². The molecule has 2 aromatic rings. The van der Waals surface area contributed by atoms with Gasteiger partial charge in [-0.05, 0) is 27.7 Å². The molecule has 0 radical (unpaired) electrons. The van der Waals surface area contributed by atoms with Gasteiger partial charge in [0.15, 0.2) is 0 Å². The molecule has 7 nitrogen and oxygen atoms in total. The van der Waals surface area contributed by atoms with Gasteiger partial charge in [0, 0.05) is 30.8 Å². The van der Waals surface area contributed by atoms with Gasteiger partial charge in [-0.2, -0.15) is 10.2 Å². The first kappa shape index (κ1) is 15.6. The first-order valence-corrected chi connectivity index (χ1v) is 8.00. The summed E-state index contributed by atoms with van der Waals surface area (Å²) < 4.78 is 14.6. The predicted molar refractivity (Wildman–Crippen MR) is 84.5 cm³/mol. The molecule has 0 bridgehead atoms. The SMILES string of the molecule is CCOC(=O)c1c(-c2cnn(C(C)C)c2)nn2c1O[C@H](C)CC2. The number of carbonyl (C=O) groups is 1. The molecule has 0 aromatic carbocycles. The third kappa shape index (κ3) is 2.83. The van der Waals surface area contributed by atoms with Crippen molar-refractivity contribution in [3.63, 3.8) is 0 Å². The maximum absolute atomic E-state index is 12.4. The maximum Gasteiger partial charge on any atom is 0.345 e. The number of aryl methyl sites for hydroxylation is 1. The van der Waals surface area contributed by atoms with E-state index in [1.54, 1.807) is 17.8 Å². The quantitative estimate of drug-likeness (QED) is 0.811. The van der Waals surface area contributed by atoms with Crippen LogP contribution in [0.1, 0.15) is 50.5 Å². The summed E-state index contributed by atoms with van der Waals surface area (Å²) in [6.45, 7) is 8.90. The molecule has 1 aliphatic heterocycles. The highest BCUT2D eigenvalue weighted by Crippen LogP contribution is 2.34. The Hall–Kier alpha value is -2.31. The predicted octanol–water partition coefficient (Wildman–Crippen LogP) is 2.68. The van der Waals surface area contributed by atoms with E-state index in [2.05, 4.69) is 10.2 Å². The normalized spacial score (nSPS) is 17.0. The standard InChI is InChI=1S/C16H22N4O3/c1-5-22-16(21)13-14(12-8-17-20(9-12)10(2)3)18-19-7-6-11(4)23-15(13)19/h8-11H,5-7H2,1-4H3/t11-/m1/s1. The second-order valence-electron chi connectivity index (χ2n) is 5.99. The minimum atomic E-state index is -0.407. The average molecular weight is 318 g/mol. The van der Waals surface area contributed by atoms with Crippen LogP contribution < -0.4 is 4.74 Å². The zero-order chi connectivity index (χ0) is 16.6. The number of nitrogens with zero attached hydrogens (tertiary/aromatic N) is 4. The first-order valence-electron chi connectivity index (χ1n) is 8.00. The molecule has 124 valence electrons. The van der Waals surface area contributed by atoms with Crippen LogP contribution in [0.2, 0.25) is 0 Å². The molecule has 0 fully saturated rings. The minimum Gasteiger partial charge on any atom is -0.474 e. The highest BCUT2D eigenvalue weighted by atomic mass is 16.5. The molecule has 1 atom stereocenters. The van der Waals surface area contributed by atoms with Crippen LogP contribution in [-0.4, -0.2) is 38.2 Å². The smallest absolute Gasteiger partial charge is 0.345 e. The number of aromatic nitrogens is 4. The van der Waals surface area contributed by atoms with E-state index in [4.69, 9.17) is 9.47 Å². The lowest BCUT2D eigenvalue weighted by Crippen LogP contribution is -2.24. The van der Waals surface area contributed by atoms with Gasteiger partial charge in [-0.25, -0.2) is 9.48 Å². The Morgan fingerprint density at radius 1 is 1.52 bits per heavy atom. The van der Waals surface area contributed by atoms with Crippen molar-refractivity contribution in [3.05, 3.63) is 18.0 Å². The van der Waals surface area contributed by atoms with Gasteiger partial charge < -0.3 is 9.47 Å². The summed E-state index contributed by atoms with van der Waals surface area (Å²) in [5.41, 5.74) is 1.75. The molecule has 0 N–H and O–H groups in total. The van der Waals surface area contributed by atoms with Gasteiger partial charge in [-0.15, -0.1) is 0 Å². The number of carbonyl (C=O) groups excluding carboxylic acids is 1. The highest BCUT2D eigenvalue weighted by molar-refractivity contribution is 5.98. The Morgan fingerprint density at radius 2 is 2.30 bits per heavy atom. The fraction of sp³-hybridized carbons (Fsp3) is 0.562. The number of hydrogen-bond donors (Lipinski definition) is 0. The summed E-state index contributed by atoms with van der Waals surface area (Å²) >= 11 is 0. The number of fused-ring (bicyclic) bond motifs is 1. The van der Waals surface area contributed by atoms with Crippen LogP contribution in [-0.2, 0) is 11.3 Å². The van der Waals surface area contributed by atoms with Crippen molar-refractivity contribution >= 4 is 5.97 Å². The van der Waals surface area contributed by atoms with E-state index in [0.29, 0.717) is 23.7 Å². The molecule has 7 heteroatoms. The Kier molecular flexibility index (Phi) is 4.11. The van der Waals surface area contributed by atoms with Gasteiger partial charge in [0.1, 0.15) is 11.3 Å². The van der Waals surface area contributed by atoms with E-state index in [1.807, 2.05) is 31.6 Å². The van der Waals surface area contributed by atoms with Crippen molar-refractivity contribution in [2.24, 2.45) is 0 Å². The molecular weight excluding hydrogens is 296 g/mol. The molecule has 0 saturated heterocycles. The average Bonchev–Trinajstić information content (AvgIpc) is 3.11. The van der Waals surface area contributed by atoms with Crippen molar-refractivity contribution in [2.45, 2.75) is 52.8 Å². The summed E-state index contributed by atoms with van der Waals surface area (Å²) in [6.07, 6.45) is 4.53. The Balaban J connectivity index is 2.09. The van der Waals surface area contributed by atoms with Gasteiger partial charge in [-0.1, -0.05) is 0 Å². The second kappa shape index (κ2) is 6.06. The fourth-order valence-corrected chi connectivity index (χ4v) is 2.60. The molecule has 1 aliphatic rings. The molecule has 3 heterocycles. The summed E-state index contributed by atoms with van der Waals surface area (Å²) in [4.78, 5) is 12.4. The monoisotopic (exact) mass is 318 g/mol. The molecule has 0 amide bonds. The molecular formula is C16H22N4O3. The van der Waals surface area contributed by atoms with Gasteiger partial charge >= 0.3 is 5.97 Å². The first-order chi connectivity index (χ1) is 11.0. The van der Waals surface area contributed by atoms with E-state index in [0.717, 1.165) is 18.5 Å². The van der Waals surface area contributed by atoms with Crippen LogP contribution in [0, 0.1) is 0 Å². The molecule has 3 rings (SSSR count). The Morgan fingerprint density at radius 3 is 2.96 bits per heavy atom. The largest absolute Gasteiger partial charge is 0.474 e. The Bertz CT molecular complexity index is 717. The lowest BCUT2D eigenvalue weighted by atomic mass is 10.1. The molecule has 0 spiro atoms. The van der Waals surface area contributed by atoms with Crippen LogP contribution in [0.5, 0.6) is 5.88 Å². The number of rotatable bonds is 4. The summed E-state index contributed by atoms with van der Waals surface area (Å²) in [7, 11) is 0. The van der Waals surface area contributed by atoms with Crippen molar-refractivity contribution in [1.29, 1.82) is 0 Å². The maximum atomic E-state index is 12.4. The molecule has 2 aromatic heterocycles. The highest BCUT2D eigenvalue weighted by Gasteiger charge is 2.31. The second-order valence-corrected chi connectivity index (χ2v) is 5.99. The zero-order valence-electron chi connectivity index (χ0n) is 13.9. The van der Waals surface area contributed by atoms with Crippen molar-refractivity contribution in [2.75, 3.05) is 6.61 Å². The van der Waals surface area contributed by atoms with Crippen molar-refractivity contribution < 1.29 is 14.3 Å². The van der Waals surface area contributed by atoms with E-state index >= 15 is 0 Å². The molecule has 0 aliphatic carbocycles. The molecule has 0 saturated carbocycles. The van der Waals surface area contributed by atoms with Crippen LogP contribution in [0.15, 0.2) is 12.4 Å². The van der Waals surface area contributed by atoms with Crippen LogP contribution in [0.3, 0.4) is 0 Å². The number of esters is 1. The zero-order valence-corrected chi connectivity index (χ0v) is 13.9. The van der Waals surface area contributed by atoms with Gasteiger partial charge in [0.05, 0.1) is 18.9 Å². The number of hydrogen-bond acceptors (Lipinski definition) is 5. The summed E-state index contributed by atoms with van der Waals surface area (Å²) in [5, 5.41) is 8.90.